The molecule has 1 aliphatic heterocycles. The van der Waals surface area contributed by atoms with E-state index in [1.807, 2.05) is 42.5 Å². The highest BCUT2D eigenvalue weighted by atomic mass is 16.6. The van der Waals surface area contributed by atoms with E-state index in [2.05, 4.69) is 83.6 Å². The van der Waals surface area contributed by atoms with Crippen LogP contribution >= 0.6 is 0 Å². The highest BCUT2D eigenvalue weighted by Crippen LogP contribution is 2.30. The van der Waals surface area contributed by atoms with Gasteiger partial charge in [0.15, 0.2) is 5.75 Å². The van der Waals surface area contributed by atoms with Crippen LogP contribution in [-0.4, -0.2) is 0 Å². The van der Waals surface area contributed by atoms with Crippen molar-refractivity contribution in [2.75, 3.05) is 0 Å². The van der Waals surface area contributed by atoms with Gasteiger partial charge in [0.1, 0.15) is 11.6 Å². The van der Waals surface area contributed by atoms with Crippen molar-refractivity contribution in [3.63, 3.8) is 0 Å². The highest BCUT2D eigenvalue weighted by Gasteiger charge is 2.10. The summed E-state index contributed by atoms with van der Waals surface area (Å²) >= 11 is 0. The molecule has 4 nitrogen and oxygen atoms in total. The first-order chi connectivity index (χ1) is 17.3. The quantitative estimate of drug-likeness (QED) is 0.272. The molecular weight excluding hydrogens is 432 g/mol. The van der Waals surface area contributed by atoms with Crippen LogP contribution in [0.3, 0.4) is 0 Å². The normalized spacial score (nSPS) is 12.2. The van der Waals surface area contributed by atoms with Gasteiger partial charge in [0.2, 0.25) is 0 Å². The monoisotopic (exact) mass is 456 g/mol. The fourth-order valence-electron chi connectivity index (χ4n) is 4.44. The first-order valence-electron chi connectivity index (χ1n) is 11.6. The molecular formula is C31H24N2O2. The summed E-state index contributed by atoms with van der Waals surface area (Å²) < 4.78 is 5.24. The number of hydrogen-bond acceptors (Lipinski definition) is 4. The Morgan fingerprint density at radius 1 is 0.600 bits per heavy atom. The molecule has 4 heteroatoms. The summed E-state index contributed by atoms with van der Waals surface area (Å²) in [7, 11) is 0. The fraction of sp³-hybridized carbons (Fsp3) is 0.0323. The molecule has 0 bridgehead atoms. The molecule has 6 aromatic rings. The Balaban J connectivity index is 0.000000131. The zero-order valence-electron chi connectivity index (χ0n) is 19.1. The van der Waals surface area contributed by atoms with Gasteiger partial charge < -0.3 is 14.6 Å². The number of para-hydroxylation sites is 1. The summed E-state index contributed by atoms with van der Waals surface area (Å²) in [5.74, 6) is 2.53. The zero-order valence-corrected chi connectivity index (χ0v) is 19.1. The number of benzene rings is 5. The first-order valence-corrected chi connectivity index (χ1v) is 11.6. The van der Waals surface area contributed by atoms with Crippen molar-refractivity contribution in [3.05, 3.63) is 133 Å². The molecule has 0 saturated carbocycles. The lowest BCUT2D eigenvalue weighted by Gasteiger charge is -2.19. The molecule has 2 N–H and O–H groups in total. The van der Waals surface area contributed by atoms with Crippen molar-refractivity contribution >= 4 is 38.4 Å². The predicted molar refractivity (Wildman–Crippen MR) is 143 cm³/mol. The lowest BCUT2D eigenvalue weighted by Crippen LogP contribution is -2.30. The summed E-state index contributed by atoms with van der Waals surface area (Å²) in [6, 6.07) is 37.7. The zero-order chi connectivity index (χ0) is 23.5. The van der Waals surface area contributed by atoms with E-state index in [0.717, 1.165) is 22.9 Å². The minimum Gasteiger partial charge on any atom is -0.467 e. The van der Waals surface area contributed by atoms with Crippen LogP contribution in [0.1, 0.15) is 11.3 Å². The molecule has 0 radical (unpaired) electrons. The van der Waals surface area contributed by atoms with E-state index >= 15 is 0 Å². The lowest BCUT2D eigenvalue weighted by molar-refractivity contribution is 0.214. The van der Waals surface area contributed by atoms with E-state index in [1.54, 1.807) is 6.26 Å². The molecule has 5 aromatic carbocycles. The van der Waals surface area contributed by atoms with Crippen LogP contribution in [0, 0.1) is 0 Å². The van der Waals surface area contributed by atoms with Crippen LogP contribution in [0.25, 0.3) is 38.4 Å². The van der Waals surface area contributed by atoms with Gasteiger partial charge in [-0.1, -0.05) is 91.0 Å². The van der Waals surface area contributed by atoms with Gasteiger partial charge in [-0.3, -0.25) is 0 Å². The van der Waals surface area contributed by atoms with Gasteiger partial charge in [0, 0.05) is 5.56 Å². The molecule has 2 heterocycles. The maximum atomic E-state index is 5.39. The summed E-state index contributed by atoms with van der Waals surface area (Å²) in [6.45, 7) is 0.622. The number of furan rings is 1. The molecule has 0 spiro atoms. The third kappa shape index (κ3) is 4.30. The van der Waals surface area contributed by atoms with Crippen LogP contribution in [0.15, 0.2) is 126 Å². The second-order valence-corrected chi connectivity index (χ2v) is 8.40. The molecule has 0 fully saturated rings. The maximum Gasteiger partial charge on any atom is 0.162 e. The third-order valence-electron chi connectivity index (χ3n) is 6.17. The molecule has 35 heavy (non-hydrogen) atoms. The van der Waals surface area contributed by atoms with Crippen molar-refractivity contribution in [2.45, 2.75) is 6.54 Å². The Labute approximate surface area is 203 Å². The van der Waals surface area contributed by atoms with Crippen molar-refractivity contribution in [1.82, 2.24) is 10.8 Å². The Morgan fingerprint density at radius 2 is 1.26 bits per heavy atom. The number of hydroxylamine groups is 1. The molecule has 1 aromatic heterocycles. The van der Waals surface area contributed by atoms with E-state index in [-0.39, 0.29) is 0 Å². The second kappa shape index (κ2) is 9.27. The van der Waals surface area contributed by atoms with Crippen LogP contribution < -0.4 is 15.6 Å². The average Bonchev–Trinajstić information content (AvgIpc) is 3.46. The molecule has 170 valence electrons. The maximum absolute atomic E-state index is 5.39. The highest BCUT2D eigenvalue weighted by molar-refractivity contribution is 6.17. The summed E-state index contributed by atoms with van der Waals surface area (Å²) in [4.78, 5) is 5.39. The van der Waals surface area contributed by atoms with Crippen LogP contribution in [0.5, 0.6) is 5.75 Å². The summed E-state index contributed by atoms with van der Waals surface area (Å²) in [5.41, 5.74) is 3.90. The van der Waals surface area contributed by atoms with Gasteiger partial charge in [0.25, 0.3) is 0 Å². The third-order valence-corrected chi connectivity index (χ3v) is 6.17. The van der Waals surface area contributed by atoms with Crippen LogP contribution in [0.4, 0.5) is 0 Å². The molecule has 1 aliphatic rings. The molecule has 7 rings (SSSR count). The van der Waals surface area contributed by atoms with Gasteiger partial charge in [-0.25, -0.2) is 5.48 Å². The van der Waals surface area contributed by atoms with Gasteiger partial charge in [-0.05, 0) is 56.6 Å². The first kappa shape index (κ1) is 20.9. The van der Waals surface area contributed by atoms with Crippen molar-refractivity contribution < 1.29 is 9.25 Å². The smallest absolute Gasteiger partial charge is 0.162 e. The number of hydrogen-bond donors (Lipinski definition) is 2. The average molecular weight is 457 g/mol. The largest absolute Gasteiger partial charge is 0.467 e. The molecule has 0 aliphatic carbocycles. The van der Waals surface area contributed by atoms with Crippen LogP contribution in [-0.2, 0) is 6.54 Å². The van der Waals surface area contributed by atoms with E-state index in [0.29, 0.717) is 6.54 Å². The van der Waals surface area contributed by atoms with Gasteiger partial charge in [-0.2, -0.15) is 0 Å². The predicted octanol–water partition coefficient (Wildman–Crippen LogP) is 7.41. The van der Waals surface area contributed by atoms with Gasteiger partial charge in [-0.15, -0.1) is 0 Å². The van der Waals surface area contributed by atoms with E-state index < -0.39 is 0 Å². The summed E-state index contributed by atoms with van der Waals surface area (Å²) in [5, 5.41) is 11.2. The topological polar surface area (TPSA) is 46.4 Å². The fourth-order valence-corrected chi connectivity index (χ4v) is 4.44. The number of nitrogens with one attached hydrogen (secondary N) is 2. The van der Waals surface area contributed by atoms with Crippen molar-refractivity contribution in [3.8, 4) is 5.75 Å². The Bertz CT molecular complexity index is 1580. The Hall–Kier alpha value is -4.70. The molecule has 0 unspecified atom stereocenters. The van der Waals surface area contributed by atoms with Crippen molar-refractivity contribution in [1.29, 1.82) is 0 Å². The van der Waals surface area contributed by atoms with E-state index in [4.69, 9.17) is 9.25 Å². The number of fused-ring (bicyclic) bond motifs is 6. The van der Waals surface area contributed by atoms with Gasteiger partial charge >= 0.3 is 0 Å². The molecule has 0 amide bonds. The lowest BCUT2D eigenvalue weighted by atomic mass is 9.97. The van der Waals surface area contributed by atoms with E-state index in [9.17, 15) is 0 Å². The Kier molecular flexibility index (Phi) is 5.53. The van der Waals surface area contributed by atoms with Crippen LogP contribution in [0.2, 0.25) is 0 Å². The Morgan fingerprint density at radius 3 is 1.94 bits per heavy atom. The SMILES string of the molecule is C1=C(NCc2ccco2)NOc2ccccc21.c1ccc2c(c1)ccc1c3ccccc3ccc21. The minimum absolute atomic E-state index is 0.622. The van der Waals surface area contributed by atoms with Gasteiger partial charge in [0.05, 0.1) is 12.8 Å². The van der Waals surface area contributed by atoms with E-state index in [1.165, 1.54) is 32.3 Å². The summed E-state index contributed by atoms with van der Waals surface area (Å²) in [6.07, 6.45) is 3.66. The molecule has 0 saturated heterocycles. The minimum atomic E-state index is 0.622. The van der Waals surface area contributed by atoms with Crippen molar-refractivity contribution in [2.24, 2.45) is 0 Å². The second-order valence-electron chi connectivity index (χ2n) is 8.40. The molecule has 0 atom stereocenters. The standard InChI is InChI=1S/C18H12.C13H12N2O2/c1-3-7-15-13(5-1)9-11-18-16-8-4-2-6-14(16)10-12-17(15)18;1-2-6-12-10(4-1)8-13(15-17-12)14-9-11-5-3-7-16-11/h1-12H;1-8,14-15H,9H2. The number of rotatable bonds is 3.